The quantitative estimate of drug-likeness (QED) is 0.743. The summed E-state index contributed by atoms with van der Waals surface area (Å²) in [5.74, 6) is 0. The summed E-state index contributed by atoms with van der Waals surface area (Å²) in [6.45, 7) is 0.888. The number of pyridine rings is 1. The van der Waals surface area contributed by atoms with E-state index < -0.39 is 0 Å². The van der Waals surface area contributed by atoms with Gasteiger partial charge in [0, 0.05) is 5.56 Å². The second-order valence-electron chi connectivity index (χ2n) is 3.33. The van der Waals surface area contributed by atoms with Gasteiger partial charge in [0.1, 0.15) is 0 Å². The maximum Gasteiger partial charge on any atom is 0.183 e. The largest absolute Gasteiger partial charge is 0.199 e. The minimum atomic E-state index is 0.888. The van der Waals surface area contributed by atoms with Gasteiger partial charge in [-0.2, -0.15) is 4.57 Å². The van der Waals surface area contributed by atoms with Gasteiger partial charge in [0.25, 0.3) is 0 Å². The zero-order chi connectivity index (χ0) is 10.7. The van der Waals surface area contributed by atoms with E-state index in [1.165, 1.54) is 5.56 Å². The van der Waals surface area contributed by atoms with Crippen molar-refractivity contribution in [2.24, 2.45) is 0 Å². The number of rotatable bonds is 2. The monoisotopic (exact) mass is 326 g/mol. The molecule has 0 aliphatic carbocycles. The van der Waals surface area contributed by atoms with E-state index in [0.717, 1.165) is 15.5 Å². The van der Waals surface area contributed by atoms with Gasteiger partial charge in [0.05, 0.1) is 8.95 Å². The second-order valence-corrected chi connectivity index (χ2v) is 5.16. The third-order valence-corrected chi connectivity index (χ3v) is 2.93. The Kier molecular flexibility index (Phi) is 3.54. The fourth-order valence-electron chi connectivity index (χ4n) is 1.45. The molecular weight excluding hydrogens is 318 g/mol. The molecule has 0 aliphatic heterocycles. The second kappa shape index (κ2) is 4.90. The van der Waals surface area contributed by atoms with Crippen molar-refractivity contribution < 1.29 is 4.57 Å². The summed E-state index contributed by atoms with van der Waals surface area (Å²) >= 11 is 6.95. The van der Waals surface area contributed by atoms with E-state index in [9.17, 15) is 0 Å². The average molecular weight is 328 g/mol. The van der Waals surface area contributed by atoms with Crippen molar-refractivity contribution in [2.45, 2.75) is 6.54 Å². The molecule has 0 atom stereocenters. The summed E-state index contributed by atoms with van der Waals surface area (Å²) < 4.78 is 4.30. The Bertz CT molecular complexity index is 434. The number of nitrogens with zero attached hydrogens (tertiary/aromatic N) is 1. The summed E-state index contributed by atoms with van der Waals surface area (Å²) in [4.78, 5) is 0. The molecule has 0 spiro atoms. The van der Waals surface area contributed by atoms with Crippen molar-refractivity contribution in [1.29, 1.82) is 0 Å². The van der Waals surface area contributed by atoms with Gasteiger partial charge in [0.15, 0.2) is 18.9 Å². The molecule has 0 saturated heterocycles. The zero-order valence-electron chi connectivity index (χ0n) is 8.03. The molecule has 2 rings (SSSR count). The minimum Gasteiger partial charge on any atom is -0.199 e. The topological polar surface area (TPSA) is 3.88 Å². The van der Waals surface area contributed by atoms with Crippen LogP contribution in [-0.4, -0.2) is 0 Å². The third-order valence-electron chi connectivity index (χ3n) is 2.06. The minimum absolute atomic E-state index is 0.888. The molecular formula is C12H10Br2N+. The van der Waals surface area contributed by atoms with Gasteiger partial charge in [-0.15, -0.1) is 0 Å². The molecule has 1 aromatic heterocycles. The number of aromatic nitrogens is 1. The summed E-state index contributed by atoms with van der Waals surface area (Å²) in [6, 6.07) is 12.4. The first-order chi connectivity index (χ1) is 7.24. The molecule has 3 heteroatoms. The van der Waals surface area contributed by atoms with Crippen molar-refractivity contribution in [3.8, 4) is 0 Å². The fraction of sp³-hybridized carbons (Fsp3) is 0.0833. The molecule has 1 nitrogen and oxygen atoms in total. The van der Waals surface area contributed by atoms with Crippen LogP contribution in [0.5, 0.6) is 0 Å². The van der Waals surface area contributed by atoms with Crippen LogP contribution in [0.25, 0.3) is 0 Å². The zero-order valence-corrected chi connectivity index (χ0v) is 11.2. The highest BCUT2D eigenvalue weighted by atomic mass is 79.9. The molecule has 0 bridgehead atoms. The Labute approximate surface area is 106 Å². The molecule has 2 aromatic rings. The molecule has 0 aliphatic rings. The first-order valence-electron chi connectivity index (χ1n) is 4.63. The summed E-state index contributed by atoms with van der Waals surface area (Å²) in [7, 11) is 0. The van der Waals surface area contributed by atoms with Crippen LogP contribution in [0, 0.1) is 0 Å². The van der Waals surface area contributed by atoms with Crippen molar-refractivity contribution >= 4 is 31.9 Å². The van der Waals surface area contributed by atoms with Crippen molar-refractivity contribution in [3.63, 3.8) is 0 Å². The average Bonchev–Trinajstić information content (AvgIpc) is 2.17. The van der Waals surface area contributed by atoms with E-state index in [-0.39, 0.29) is 0 Å². The predicted octanol–water partition coefficient (Wildman–Crippen LogP) is 3.55. The molecule has 1 aromatic carbocycles. The third kappa shape index (κ3) is 3.14. The van der Waals surface area contributed by atoms with E-state index in [0.29, 0.717) is 0 Å². The van der Waals surface area contributed by atoms with Gasteiger partial charge >= 0.3 is 0 Å². The van der Waals surface area contributed by atoms with Gasteiger partial charge in [0.2, 0.25) is 0 Å². The highest BCUT2D eigenvalue weighted by molar-refractivity contribution is 9.11. The molecule has 0 amide bonds. The lowest BCUT2D eigenvalue weighted by Gasteiger charge is -1.98. The van der Waals surface area contributed by atoms with Crippen LogP contribution >= 0.6 is 31.9 Å². The number of benzene rings is 1. The molecule has 0 fully saturated rings. The van der Waals surface area contributed by atoms with Gasteiger partial charge in [-0.05, 0) is 37.9 Å². The van der Waals surface area contributed by atoms with Crippen LogP contribution in [0.2, 0.25) is 0 Å². The lowest BCUT2D eigenvalue weighted by Crippen LogP contribution is -2.33. The Hall–Kier alpha value is -0.670. The van der Waals surface area contributed by atoms with Crippen LogP contribution in [0.15, 0.2) is 57.7 Å². The van der Waals surface area contributed by atoms with E-state index in [2.05, 4.69) is 73.1 Å². The van der Waals surface area contributed by atoms with Crippen molar-refractivity contribution in [1.82, 2.24) is 0 Å². The maximum atomic E-state index is 3.48. The lowest BCUT2D eigenvalue weighted by molar-refractivity contribution is -0.689. The molecule has 0 N–H and O–H groups in total. The number of hydrogen-bond acceptors (Lipinski definition) is 0. The summed E-state index contributed by atoms with van der Waals surface area (Å²) in [5.41, 5.74) is 1.30. The first kappa shape index (κ1) is 10.8. The highest BCUT2D eigenvalue weighted by Crippen LogP contribution is 2.13. The standard InChI is InChI=1S/C12H10Br2N/c13-11-6-12(14)9-15(8-11)7-10-4-2-1-3-5-10/h1-6,8-9H,7H2/q+1. The molecule has 0 unspecified atom stereocenters. The fourth-order valence-corrected chi connectivity index (χ4v) is 2.77. The van der Waals surface area contributed by atoms with E-state index in [1.54, 1.807) is 0 Å². The van der Waals surface area contributed by atoms with E-state index in [4.69, 9.17) is 0 Å². The Morgan fingerprint density at radius 2 is 1.53 bits per heavy atom. The van der Waals surface area contributed by atoms with Crippen molar-refractivity contribution in [2.75, 3.05) is 0 Å². The van der Waals surface area contributed by atoms with Gasteiger partial charge in [-0.1, -0.05) is 30.3 Å². The molecule has 0 saturated carbocycles. The van der Waals surface area contributed by atoms with Crippen LogP contribution < -0.4 is 4.57 Å². The molecule has 15 heavy (non-hydrogen) atoms. The Morgan fingerprint density at radius 1 is 0.933 bits per heavy atom. The molecule has 0 radical (unpaired) electrons. The Morgan fingerprint density at radius 3 is 2.13 bits per heavy atom. The number of halogens is 2. The smallest absolute Gasteiger partial charge is 0.183 e. The molecule has 76 valence electrons. The highest BCUT2D eigenvalue weighted by Gasteiger charge is 2.05. The van der Waals surface area contributed by atoms with Crippen LogP contribution in [0.4, 0.5) is 0 Å². The Balaban J connectivity index is 2.25. The molecule has 1 heterocycles. The van der Waals surface area contributed by atoms with Crippen molar-refractivity contribution in [3.05, 3.63) is 63.3 Å². The van der Waals surface area contributed by atoms with Gasteiger partial charge in [-0.25, -0.2) is 0 Å². The maximum absolute atomic E-state index is 3.48. The SMILES string of the molecule is Brc1cc(Br)c[n+](Cc2ccccc2)c1. The number of hydrogen-bond donors (Lipinski definition) is 0. The van der Waals surface area contributed by atoms with Crippen LogP contribution in [0.1, 0.15) is 5.56 Å². The van der Waals surface area contributed by atoms with Crippen LogP contribution in [0.3, 0.4) is 0 Å². The first-order valence-corrected chi connectivity index (χ1v) is 6.22. The lowest BCUT2D eigenvalue weighted by atomic mass is 10.2. The summed E-state index contributed by atoms with van der Waals surface area (Å²) in [6.07, 6.45) is 4.13. The van der Waals surface area contributed by atoms with Gasteiger partial charge in [-0.3, -0.25) is 0 Å². The summed E-state index contributed by atoms with van der Waals surface area (Å²) in [5, 5.41) is 0. The van der Waals surface area contributed by atoms with E-state index >= 15 is 0 Å². The predicted molar refractivity (Wildman–Crippen MR) is 67.6 cm³/mol. The van der Waals surface area contributed by atoms with Crippen LogP contribution in [-0.2, 0) is 6.54 Å². The van der Waals surface area contributed by atoms with E-state index in [1.807, 2.05) is 12.1 Å². The normalized spacial score (nSPS) is 10.3. The van der Waals surface area contributed by atoms with Gasteiger partial charge < -0.3 is 0 Å².